The SMILES string of the molecule is Cc1[nH]c2cc(C3CCCCN3OC(=O)c3ccccc3)nn2c(=O)c1C. The molecule has 1 aliphatic rings. The predicted octanol–water partition coefficient (Wildman–Crippen LogP) is 2.94. The Morgan fingerprint density at radius 2 is 2.00 bits per heavy atom. The van der Waals surface area contributed by atoms with Crippen LogP contribution in [0.5, 0.6) is 0 Å². The highest BCUT2D eigenvalue weighted by Gasteiger charge is 2.30. The smallest absolute Gasteiger partial charge is 0.357 e. The Bertz CT molecular complexity index is 1040. The van der Waals surface area contributed by atoms with E-state index in [4.69, 9.17) is 4.84 Å². The Morgan fingerprint density at radius 3 is 2.78 bits per heavy atom. The Hall–Kier alpha value is -2.93. The maximum Gasteiger partial charge on any atom is 0.357 e. The molecule has 0 bridgehead atoms. The molecule has 1 aliphatic heterocycles. The first-order chi connectivity index (χ1) is 13.0. The number of hydroxylamine groups is 2. The van der Waals surface area contributed by atoms with Crippen LogP contribution in [0.3, 0.4) is 0 Å². The fourth-order valence-corrected chi connectivity index (χ4v) is 3.45. The van der Waals surface area contributed by atoms with Gasteiger partial charge >= 0.3 is 5.97 Å². The molecular weight excluding hydrogens is 344 g/mol. The summed E-state index contributed by atoms with van der Waals surface area (Å²) in [5.41, 5.74) is 3.24. The lowest BCUT2D eigenvalue weighted by Crippen LogP contribution is -2.36. The van der Waals surface area contributed by atoms with E-state index in [9.17, 15) is 9.59 Å². The number of rotatable bonds is 3. The summed E-state index contributed by atoms with van der Waals surface area (Å²) in [4.78, 5) is 33.8. The van der Waals surface area contributed by atoms with Gasteiger partial charge in [0.15, 0.2) is 0 Å². The summed E-state index contributed by atoms with van der Waals surface area (Å²) < 4.78 is 1.39. The zero-order chi connectivity index (χ0) is 19.0. The van der Waals surface area contributed by atoms with Crippen LogP contribution >= 0.6 is 0 Å². The number of hydrogen-bond acceptors (Lipinski definition) is 5. The molecule has 1 N–H and O–H groups in total. The number of hydrogen-bond donors (Lipinski definition) is 1. The molecule has 1 fully saturated rings. The van der Waals surface area contributed by atoms with Gasteiger partial charge in [0.25, 0.3) is 5.56 Å². The summed E-state index contributed by atoms with van der Waals surface area (Å²) in [6.45, 7) is 4.30. The summed E-state index contributed by atoms with van der Waals surface area (Å²) >= 11 is 0. The van der Waals surface area contributed by atoms with Crippen LogP contribution in [0.2, 0.25) is 0 Å². The molecule has 0 saturated carbocycles. The van der Waals surface area contributed by atoms with Gasteiger partial charge in [0.05, 0.1) is 17.3 Å². The lowest BCUT2D eigenvalue weighted by Gasteiger charge is -2.32. The number of piperidine rings is 1. The lowest BCUT2D eigenvalue weighted by atomic mass is 10.0. The number of aromatic nitrogens is 3. The van der Waals surface area contributed by atoms with Crippen molar-refractivity contribution in [3.63, 3.8) is 0 Å². The second-order valence-electron chi connectivity index (χ2n) is 6.94. The van der Waals surface area contributed by atoms with Crippen molar-refractivity contribution in [1.29, 1.82) is 0 Å². The molecule has 7 heteroatoms. The van der Waals surface area contributed by atoms with Gasteiger partial charge in [0.1, 0.15) is 5.65 Å². The molecule has 0 spiro atoms. The molecule has 0 aliphatic carbocycles. The Morgan fingerprint density at radius 1 is 1.22 bits per heavy atom. The van der Waals surface area contributed by atoms with Gasteiger partial charge in [0.2, 0.25) is 0 Å². The largest absolute Gasteiger partial charge is 0.363 e. The molecule has 0 amide bonds. The number of carbonyl (C=O) groups is 1. The molecule has 1 saturated heterocycles. The lowest BCUT2D eigenvalue weighted by molar-refractivity contribution is -0.153. The molecule has 4 rings (SSSR count). The summed E-state index contributed by atoms with van der Waals surface area (Å²) in [6.07, 6.45) is 2.78. The summed E-state index contributed by atoms with van der Waals surface area (Å²) in [7, 11) is 0. The maximum absolute atomic E-state index is 12.5. The van der Waals surface area contributed by atoms with Crippen molar-refractivity contribution in [2.24, 2.45) is 0 Å². The van der Waals surface area contributed by atoms with E-state index in [1.807, 2.05) is 31.2 Å². The van der Waals surface area contributed by atoms with Crippen LogP contribution < -0.4 is 5.56 Å². The second kappa shape index (κ2) is 7.00. The number of aryl methyl sites for hydroxylation is 1. The standard InChI is InChI=1S/C20H22N4O3/c1-13-14(2)21-18-12-16(22-24(18)19(13)25)17-10-6-7-11-23(17)27-20(26)15-8-4-3-5-9-15/h3-5,8-9,12,17,21H,6-7,10-11H2,1-2H3. The zero-order valence-electron chi connectivity index (χ0n) is 15.4. The molecule has 1 aromatic carbocycles. The van der Waals surface area contributed by atoms with E-state index in [1.165, 1.54) is 4.52 Å². The summed E-state index contributed by atoms with van der Waals surface area (Å²) in [6, 6.07) is 10.6. The number of H-pyrrole nitrogens is 1. The van der Waals surface area contributed by atoms with Crippen LogP contribution in [0.4, 0.5) is 0 Å². The van der Waals surface area contributed by atoms with E-state index in [-0.39, 0.29) is 17.6 Å². The van der Waals surface area contributed by atoms with Crippen molar-refractivity contribution in [1.82, 2.24) is 19.7 Å². The van der Waals surface area contributed by atoms with Crippen molar-refractivity contribution < 1.29 is 9.63 Å². The number of benzene rings is 1. The summed E-state index contributed by atoms with van der Waals surface area (Å²) in [5, 5.41) is 6.21. The van der Waals surface area contributed by atoms with E-state index in [0.717, 1.165) is 30.7 Å². The van der Waals surface area contributed by atoms with Crippen molar-refractivity contribution in [2.75, 3.05) is 6.54 Å². The minimum absolute atomic E-state index is 0.129. The molecule has 1 atom stereocenters. The predicted molar refractivity (Wildman–Crippen MR) is 100 cm³/mol. The zero-order valence-corrected chi connectivity index (χ0v) is 15.4. The maximum atomic E-state index is 12.5. The number of nitrogens with zero attached hydrogens (tertiary/aromatic N) is 3. The van der Waals surface area contributed by atoms with Gasteiger partial charge in [-0.25, -0.2) is 4.79 Å². The molecule has 140 valence electrons. The van der Waals surface area contributed by atoms with Gasteiger partial charge < -0.3 is 9.82 Å². The molecule has 1 unspecified atom stereocenters. The first kappa shape index (κ1) is 17.5. The van der Waals surface area contributed by atoms with Crippen LogP contribution in [0.1, 0.15) is 52.6 Å². The number of fused-ring (bicyclic) bond motifs is 1. The van der Waals surface area contributed by atoms with Crippen molar-refractivity contribution in [3.8, 4) is 0 Å². The molecule has 3 heterocycles. The van der Waals surface area contributed by atoms with Crippen LogP contribution in [0, 0.1) is 13.8 Å². The third-order valence-corrected chi connectivity index (χ3v) is 5.12. The van der Waals surface area contributed by atoms with Crippen LogP contribution in [0.25, 0.3) is 5.65 Å². The highest BCUT2D eigenvalue weighted by molar-refractivity contribution is 5.89. The van der Waals surface area contributed by atoms with Gasteiger partial charge in [-0.2, -0.15) is 9.61 Å². The van der Waals surface area contributed by atoms with E-state index >= 15 is 0 Å². The van der Waals surface area contributed by atoms with E-state index in [0.29, 0.717) is 23.3 Å². The molecule has 2 aromatic heterocycles. The third-order valence-electron chi connectivity index (χ3n) is 5.12. The Kier molecular flexibility index (Phi) is 4.53. The normalized spacial score (nSPS) is 17.9. The van der Waals surface area contributed by atoms with E-state index in [2.05, 4.69) is 10.1 Å². The monoisotopic (exact) mass is 366 g/mol. The Balaban J connectivity index is 1.65. The fourth-order valence-electron chi connectivity index (χ4n) is 3.45. The second-order valence-corrected chi connectivity index (χ2v) is 6.94. The van der Waals surface area contributed by atoms with Crippen LogP contribution in [-0.4, -0.2) is 32.2 Å². The number of nitrogens with one attached hydrogen (secondary N) is 1. The third kappa shape index (κ3) is 3.26. The molecule has 27 heavy (non-hydrogen) atoms. The summed E-state index contributed by atoms with van der Waals surface area (Å²) in [5.74, 6) is -0.381. The topological polar surface area (TPSA) is 79.7 Å². The van der Waals surface area contributed by atoms with Gasteiger partial charge in [-0.1, -0.05) is 18.2 Å². The van der Waals surface area contributed by atoms with E-state index in [1.54, 1.807) is 24.1 Å². The average molecular weight is 366 g/mol. The van der Waals surface area contributed by atoms with Crippen LogP contribution in [-0.2, 0) is 4.84 Å². The first-order valence-electron chi connectivity index (χ1n) is 9.18. The highest BCUT2D eigenvalue weighted by atomic mass is 16.7. The number of carbonyl (C=O) groups excluding carboxylic acids is 1. The van der Waals surface area contributed by atoms with Gasteiger partial charge in [-0.05, 0) is 45.2 Å². The highest BCUT2D eigenvalue weighted by Crippen LogP contribution is 2.31. The fraction of sp³-hybridized carbons (Fsp3) is 0.350. The van der Waals surface area contributed by atoms with Crippen molar-refractivity contribution >= 4 is 11.6 Å². The molecular formula is C20H22N4O3. The van der Waals surface area contributed by atoms with Gasteiger partial charge in [0, 0.05) is 23.9 Å². The van der Waals surface area contributed by atoms with Crippen molar-refractivity contribution in [2.45, 2.75) is 39.2 Å². The van der Waals surface area contributed by atoms with Crippen molar-refractivity contribution in [3.05, 3.63) is 69.3 Å². The quantitative estimate of drug-likeness (QED) is 0.771. The molecule has 0 radical (unpaired) electrons. The van der Waals surface area contributed by atoms with E-state index < -0.39 is 0 Å². The minimum Gasteiger partial charge on any atom is -0.363 e. The Labute approximate surface area is 156 Å². The molecule has 3 aromatic rings. The number of aromatic amines is 1. The molecule has 7 nitrogen and oxygen atoms in total. The van der Waals surface area contributed by atoms with Crippen LogP contribution in [0.15, 0.2) is 41.2 Å². The first-order valence-corrected chi connectivity index (χ1v) is 9.18. The van der Waals surface area contributed by atoms with Gasteiger partial charge in [-0.3, -0.25) is 4.79 Å². The van der Waals surface area contributed by atoms with Gasteiger partial charge in [-0.15, -0.1) is 5.06 Å². The average Bonchev–Trinajstić information content (AvgIpc) is 3.11. The minimum atomic E-state index is -0.381.